The van der Waals surface area contributed by atoms with Crippen LogP contribution in [0.25, 0.3) is 0 Å². The van der Waals surface area contributed by atoms with E-state index >= 15 is 0 Å². The van der Waals surface area contributed by atoms with E-state index in [0.29, 0.717) is 15.9 Å². The van der Waals surface area contributed by atoms with Gasteiger partial charge in [0, 0.05) is 10.7 Å². The van der Waals surface area contributed by atoms with Gasteiger partial charge in [0.1, 0.15) is 5.82 Å². The smallest absolute Gasteiger partial charge is 0.307 e. The Hall–Kier alpha value is -1.10. The van der Waals surface area contributed by atoms with Gasteiger partial charge in [-0.15, -0.1) is 0 Å². The van der Waals surface area contributed by atoms with Crippen molar-refractivity contribution in [3.63, 3.8) is 0 Å². The molecule has 1 heterocycles. The highest BCUT2D eigenvalue weighted by atomic mass is 79.9. The zero-order valence-corrected chi connectivity index (χ0v) is 7.71. The van der Waals surface area contributed by atoms with Crippen LogP contribution in [0.4, 0.5) is 5.82 Å². The average Bonchev–Trinajstić information content (AvgIpc) is 1.96. The molecule has 0 saturated heterocycles. The van der Waals surface area contributed by atoms with E-state index in [4.69, 9.17) is 10.8 Å². The number of nitrogen functional groups attached to an aromatic ring is 1. The van der Waals surface area contributed by atoms with Crippen molar-refractivity contribution < 1.29 is 9.90 Å². The fourth-order valence-corrected chi connectivity index (χ4v) is 1.15. The van der Waals surface area contributed by atoms with Gasteiger partial charge in [-0.2, -0.15) is 0 Å². The number of anilines is 1. The molecule has 0 aliphatic rings. The van der Waals surface area contributed by atoms with Crippen LogP contribution >= 0.6 is 15.9 Å². The largest absolute Gasteiger partial charge is 0.481 e. The molecule has 64 valence electrons. The van der Waals surface area contributed by atoms with Crippen molar-refractivity contribution in [3.8, 4) is 0 Å². The number of nitrogens with zero attached hydrogens (tertiary/aromatic N) is 1. The molecule has 0 fully saturated rings. The number of carboxylic acid groups (broad SMARTS) is 1. The third kappa shape index (κ3) is 2.20. The number of aliphatic carboxylic acids is 1. The maximum absolute atomic E-state index is 10.4. The normalized spacial score (nSPS) is 9.75. The van der Waals surface area contributed by atoms with Gasteiger partial charge >= 0.3 is 5.97 Å². The molecular weight excluding hydrogens is 224 g/mol. The maximum atomic E-state index is 10.4. The molecule has 0 radical (unpaired) electrons. The summed E-state index contributed by atoms with van der Waals surface area (Å²) in [5, 5.41) is 8.50. The van der Waals surface area contributed by atoms with Gasteiger partial charge in [-0.05, 0) is 27.6 Å². The number of hydrogen-bond acceptors (Lipinski definition) is 3. The lowest BCUT2D eigenvalue weighted by Gasteiger charge is -2.00. The van der Waals surface area contributed by atoms with E-state index < -0.39 is 5.97 Å². The number of rotatable bonds is 2. The van der Waals surface area contributed by atoms with Crippen molar-refractivity contribution in [1.29, 1.82) is 0 Å². The summed E-state index contributed by atoms with van der Waals surface area (Å²) >= 11 is 3.18. The third-order valence-corrected chi connectivity index (χ3v) is 2.01. The van der Waals surface area contributed by atoms with Gasteiger partial charge < -0.3 is 10.8 Å². The summed E-state index contributed by atoms with van der Waals surface area (Å²) in [6.07, 6.45) is 1.45. The predicted molar refractivity (Wildman–Crippen MR) is 47.7 cm³/mol. The Morgan fingerprint density at radius 2 is 2.42 bits per heavy atom. The lowest BCUT2D eigenvalue weighted by molar-refractivity contribution is -0.136. The third-order valence-electron chi connectivity index (χ3n) is 1.30. The maximum Gasteiger partial charge on any atom is 0.307 e. The molecule has 3 N–H and O–H groups in total. The predicted octanol–water partition coefficient (Wildman–Crippen LogP) is 1.05. The zero-order valence-electron chi connectivity index (χ0n) is 6.12. The standard InChI is InChI=1S/C7H7BrN2O2/c8-5-3-10-6(9)1-4(5)2-7(11)12/h1,3H,2H2,(H2,9,10)(H,11,12). The van der Waals surface area contributed by atoms with Gasteiger partial charge in [-0.25, -0.2) is 4.98 Å². The Morgan fingerprint density at radius 3 is 3.00 bits per heavy atom. The van der Waals surface area contributed by atoms with E-state index in [1.54, 1.807) is 0 Å². The van der Waals surface area contributed by atoms with E-state index in [9.17, 15) is 4.79 Å². The van der Waals surface area contributed by atoms with Crippen LogP contribution < -0.4 is 5.73 Å². The van der Waals surface area contributed by atoms with Gasteiger partial charge in [-0.3, -0.25) is 4.79 Å². The molecular formula is C7H7BrN2O2. The molecule has 12 heavy (non-hydrogen) atoms. The Bertz CT molecular complexity index is 314. The minimum atomic E-state index is -0.888. The summed E-state index contributed by atoms with van der Waals surface area (Å²) in [7, 11) is 0. The zero-order chi connectivity index (χ0) is 9.14. The summed E-state index contributed by atoms with van der Waals surface area (Å²) in [6, 6.07) is 1.54. The topological polar surface area (TPSA) is 76.2 Å². The quantitative estimate of drug-likeness (QED) is 0.797. The SMILES string of the molecule is Nc1cc(CC(=O)O)c(Br)cn1. The van der Waals surface area contributed by atoms with E-state index in [-0.39, 0.29) is 6.42 Å². The first-order valence-corrected chi connectivity index (χ1v) is 4.00. The molecule has 0 saturated carbocycles. The van der Waals surface area contributed by atoms with Gasteiger partial charge in [0.2, 0.25) is 0 Å². The summed E-state index contributed by atoms with van der Waals surface area (Å²) in [5.41, 5.74) is 6.01. The Labute approximate surface area is 77.5 Å². The molecule has 1 rings (SSSR count). The van der Waals surface area contributed by atoms with Crippen LogP contribution in [0, 0.1) is 0 Å². The fourth-order valence-electron chi connectivity index (χ4n) is 0.797. The number of aromatic nitrogens is 1. The number of nitrogens with two attached hydrogens (primary N) is 1. The lowest BCUT2D eigenvalue weighted by atomic mass is 10.2. The molecule has 0 aliphatic heterocycles. The molecule has 0 unspecified atom stereocenters. The molecule has 4 nitrogen and oxygen atoms in total. The molecule has 0 bridgehead atoms. The molecule has 0 atom stereocenters. The second-order valence-corrected chi connectivity index (χ2v) is 3.13. The van der Waals surface area contributed by atoms with E-state index in [0.717, 1.165) is 0 Å². The van der Waals surface area contributed by atoms with Crippen molar-refractivity contribution in [2.45, 2.75) is 6.42 Å². The van der Waals surface area contributed by atoms with Crippen molar-refractivity contribution in [2.75, 3.05) is 5.73 Å². The van der Waals surface area contributed by atoms with Crippen LogP contribution in [0.5, 0.6) is 0 Å². The summed E-state index contributed by atoms with van der Waals surface area (Å²) < 4.78 is 0.666. The number of carboxylic acids is 1. The van der Waals surface area contributed by atoms with E-state index in [2.05, 4.69) is 20.9 Å². The van der Waals surface area contributed by atoms with Crippen LogP contribution in [-0.2, 0) is 11.2 Å². The monoisotopic (exact) mass is 230 g/mol. The molecule has 1 aromatic heterocycles. The average molecular weight is 231 g/mol. The first-order valence-electron chi connectivity index (χ1n) is 3.21. The van der Waals surface area contributed by atoms with Gasteiger partial charge in [0.15, 0.2) is 0 Å². The molecule has 0 aliphatic carbocycles. The highest BCUT2D eigenvalue weighted by Crippen LogP contribution is 2.17. The minimum absolute atomic E-state index is 0.0483. The lowest BCUT2D eigenvalue weighted by Crippen LogP contribution is -2.02. The fraction of sp³-hybridized carbons (Fsp3) is 0.143. The van der Waals surface area contributed by atoms with Crippen molar-refractivity contribution in [1.82, 2.24) is 4.98 Å². The van der Waals surface area contributed by atoms with Crippen molar-refractivity contribution >= 4 is 27.7 Å². The first-order chi connectivity index (χ1) is 5.59. The molecule has 0 aromatic carbocycles. The Balaban J connectivity index is 2.97. The highest BCUT2D eigenvalue weighted by Gasteiger charge is 2.05. The first kappa shape index (κ1) is 8.99. The highest BCUT2D eigenvalue weighted by molar-refractivity contribution is 9.10. The number of pyridine rings is 1. The summed E-state index contributed by atoms with van der Waals surface area (Å²) in [5.74, 6) is -0.559. The molecule has 0 amide bonds. The van der Waals surface area contributed by atoms with Crippen LogP contribution in [0.15, 0.2) is 16.7 Å². The second-order valence-electron chi connectivity index (χ2n) is 2.27. The second kappa shape index (κ2) is 3.53. The molecule has 0 spiro atoms. The van der Waals surface area contributed by atoms with Crippen LogP contribution in [0.2, 0.25) is 0 Å². The molecule has 1 aromatic rings. The Kier molecular flexibility index (Phi) is 2.65. The molecule has 5 heteroatoms. The summed E-state index contributed by atoms with van der Waals surface area (Å²) in [4.78, 5) is 14.1. The Morgan fingerprint density at radius 1 is 1.75 bits per heavy atom. The van der Waals surface area contributed by atoms with E-state index in [1.165, 1.54) is 12.3 Å². The summed E-state index contributed by atoms with van der Waals surface area (Å²) in [6.45, 7) is 0. The van der Waals surface area contributed by atoms with Gasteiger partial charge in [0.05, 0.1) is 6.42 Å². The van der Waals surface area contributed by atoms with Crippen LogP contribution in [0.3, 0.4) is 0 Å². The van der Waals surface area contributed by atoms with Crippen LogP contribution in [0.1, 0.15) is 5.56 Å². The number of hydrogen-bond donors (Lipinski definition) is 2. The van der Waals surface area contributed by atoms with Gasteiger partial charge in [-0.1, -0.05) is 0 Å². The van der Waals surface area contributed by atoms with Crippen molar-refractivity contribution in [3.05, 3.63) is 22.3 Å². The number of carbonyl (C=O) groups is 1. The van der Waals surface area contributed by atoms with E-state index in [1.807, 2.05) is 0 Å². The van der Waals surface area contributed by atoms with Crippen molar-refractivity contribution in [2.24, 2.45) is 0 Å². The number of halogens is 1. The van der Waals surface area contributed by atoms with Gasteiger partial charge in [0.25, 0.3) is 0 Å². The van der Waals surface area contributed by atoms with Crippen LogP contribution in [-0.4, -0.2) is 16.1 Å². The minimum Gasteiger partial charge on any atom is -0.481 e.